The highest BCUT2D eigenvalue weighted by Crippen LogP contribution is 2.31. The molecular weight excluding hydrogens is 151 g/mol. The topological polar surface area (TPSA) is 46.3 Å². The van der Waals surface area contributed by atoms with Crippen molar-refractivity contribution in [2.24, 2.45) is 11.1 Å². The molecule has 1 rings (SSSR count). The number of nitrogens with zero attached hydrogens (tertiary/aromatic N) is 1. The summed E-state index contributed by atoms with van der Waals surface area (Å²) in [5.41, 5.74) is 5.15. The molecule has 1 amide bonds. The standard InChI is InChI=1S/C8H15BN2O/c1-8(5-7(10)12)3-2-4-11(9)6-8/h2-6H2,1H3,(H2,10,12). The molecule has 1 fully saturated rings. The maximum Gasteiger partial charge on any atom is 0.218 e. The van der Waals surface area contributed by atoms with E-state index in [-0.39, 0.29) is 11.3 Å². The average molecular weight is 166 g/mol. The van der Waals surface area contributed by atoms with Crippen LogP contribution in [0.1, 0.15) is 26.2 Å². The number of primary amides is 1. The third-order valence-electron chi connectivity index (χ3n) is 2.41. The van der Waals surface area contributed by atoms with Crippen LogP contribution in [-0.4, -0.2) is 31.8 Å². The molecule has 1 saturated heterocycles. The molecule has 2 N–H and O–H groups in total. The monoisotopic (exact) mass is 166 g/mol. The smallest absolute Gasteiger partial charge is 0.218 e. The fourth-order valence-corrected chi connectivity index (χ4v) is 1.92. The summed E-state index contributed by atoms with van der Waals surface area (Å²) in [6.07, 6.45) is 2.55. The second kappa shape index (κ2) is 3.48. The third kappa shape index (κ3) is 2.52. The van der Waals surface area contributed by atoms with E-state index in [0.29, 0.717) is 6.42 Å². The van der Waals surface area contributed by atoms with Crippen LogP contribution in [0.2, 0.25) is 0 Å². The molecule has 0 aliphatic carbocycles. The summed E-state index contributed by atoms with van der Waals surface area (Å²) in [6.45, 7) is 3.76. The van der Waals surface area contributed by atoms with Gasteiger partial charge >= 0.3 is 0 Å². The zero-order valence-corrected chi connectivity index (χ0v) is 7.55. The largest absolute Gasteiger partial charge is 0.370 e. The van der Waals surface area contributed by atoms with Gasteiger partial charge < -0.3 is 10.5 Å². The lowest BCUT2D eigenvalue weighted by molar-refractivity contribution is -0.120. The number of piperidine rings is 1. The summed E-state index contributed by atoms with van der Waals surface area (Å²) in [6, 6.07) is 0. The molecule has 12 heavy (non-hydrogen) atoms. The molecule has 1 atom stereocenters. The highest BCUT2D eigenvalue weighted by molar-refractivity contribution is 6.04. The predicted molar refractivity (Wildman–Crippen MR) is 48.5 cm³/mol. The zero-order chi connectivity index (χ0) is 9.19. The molecule has 0 spiro atoms. The van der Waals surface area contributed by atoms with Crippen LogP contribution in [0.4, 0.5) is 0 Å². The molecular formula is C8H15BN2O. The summed E-state index contributed by atoms with van der Waals surface area (Å²) in [5.74, 6) is -0.229. The quantitative estimate of drug-likeness (QED) is 0.589. The van der Waals surface area contributed by atoms with Crippen molar-refractivity contribution >= 4 is 13.9 Å². The molecule has 4 heteroatoms. The van der Waals surface area contributed by atoms with E-state index in [1.165, 1.54) is 0 Å². The molecule has 0 aromatic carbocycles. The van der Waals surface area contributed by atoms with E-state index in [9.17, 15) is 4.79 Å². The van der Waals surface area contributed by atoms with Gasteiger partial charge in [-0.2, -0.15) is 0 Å². The number of hydrogen-bond acceptors (Lipinski definition) is 2. The Morgan fingerprint density at radius 3 is 2.92 bits per heavy atom. The van der Waals surface area contributed by atoms with Crippen molar-refractivity contribution in [1.82, 2.24) is 4.81 Å². The molecule has 1 aliphatic rings. The van der Waals surface area contributed by atoms with E-state index in [1.807, 2.05) is 0 Å². The lowest BCUT2D eigenvalue weighted by Gasteiger charge is -2.38. The molecule has 66 valence electrons. The van der Waals surface area contributed by atoms with Gasteiger partial charge in [-0.15, -0.1) is 0 Å². The van der Waals surface area contributed by atoms with E-state index >= 15 is 0 Å². The Balaban J connectivity index is 2.51. The highest BCUT2D eigenvalue weighted by Gasteiger charge is 2.30. The summed E-state index contributed by atoms with van der Waals surface area (Å²) in [5, 5.41) is 0. The van der Waals surface area contributed by atoms with Crippen LogP contribution >= 0.6 is 0 Å². The molecule has 1 unspecified atom stereocenters. The summed E-state index contributed by atoms with van der Waals surface area (Å²) >= 11 is 0. The molecule has 1 aliphatic heterocycles. The Morgan fingerprint density at radius 2 is 2.42 bits per heavy atom. The maximum atomic E-state index is 10.7. The lowest BCUT2D eigenvalue weighted by Crippen LogP contribution is -2.42. The van der Waals surface area contributed by atoms with Crippen molar-refractivity contribution in [3.63, 3.8) is 0 Å². The number of carbonyl (C=O) groups excluding carboxylic acids is 1. The van der Waals surface area contributed by atoms with Gasteiger partial charge in [0.15, 0.2) is 7.98 Å². The Morgan fingerprint density at radius 1 is 1.75 bits per heavy atom. The van der Waals surface area contributed by atoms with Gasteiger partial charge in [-0.3, -0.25) is 4.79 Å². The van der Waals surface area contributed by atoms with E-state index in [0.717, 1.165) is 25.9 Å². The molecule has 0 saturated carbocycles. The molecule has 2 radical (unpaired) electrons. The SMILES string of the molecule is [B]N1CCCC(C)(CC(N)=O)C1. The number of hydrogen-bond donors (Lipinski definition) is 1. The number of rotatable bonds is 2. The van der Waals surface area contributed by atoms with Crippen molar-refractivity contribution in [3.8, 4) is 0 Å². The van der Waals surface area contributed by atoms with Crippen molar-refractivity contribution in [2.45, 2.75) is 26.2 Å². The van der Waals surface area contributed by atoms with E-state index in [4.69, 9.17) is 13.7 Å². The minimum Gasteiger partial charge on any atom is -0.370 e. The van der Waals surface area contributed by atoms with Crippen LogP contribution in [0.15, 0.2) is 0 Å². The molecule has 1 heterocycles. The van der Waals surface area contributed by atoms with Crippen LogP contribution in [0, 0.1) is 5.41 Å². The Hall–Kier alpha value is -0.505. The fourth-order valence-electron chi connectivity index (χ4n) is 1.92. The first-order chi connectivity index (χ1) is 5.52. The van der Waals surface area contributed by atoms with Gasteiger partial charge in [-0.1, -0.05) is 6.92 Å². The highest BCUT2D eigenvalue weighted by atomic mass is 16.1. The lowest BCUT2D eigenvalue weighted by atomic mass is 9.78. The average Bonchev–Trinajstić information content (AvgIpc) is 1.82. The van der Waals surface area contributed by atoms with E-state index in [2.05, 4.69) is 6.92 Å². The van der Waals surface area contributed by atoms with Gasteiger partial charge in [0.05, 0.1) is 0 Å². The van der Waals surface area contributed by atoms with Crippen LogP contribution in [0.5, 0.6) is 0 Å². The Bertz CT molecular complexity index is 186. The van der Waals surface area contributed by atoms with Gasteiger partial charge in [0.2, 0.25) is 5.91 Å². The van der Waals surface area contributed by atoms with Crippen LogP contribution in [0.25, 0.3) is 0 Å². The Kier molecular flexibility index (Phi) is 2.78. The van der Waals surface area contributed by atoms with Gasteiger partial charge in [0, 0.05) is 6.42 Å². The van der Waals surface area contributed by atoms with Gasteiger partial charge in [0.25, 0.3) is 0 Å². The molecule has 3 nitrogen and oxygen atoms in total. The predicted octanol–water partition coefficient (Wildman–Crippen LogP) is 0.0474. The normalized spacial score (nSPS) is 31.8. The van der Waals surface area contributed by atoms with Crippen molar-refractivity contribution in [2.75, 3.05) is 13.1 Å². The zero-order valence-electron chi connectivity index (χ0n) is 7.55. The molecule has 0 bridgehead atoms. The number of nitrogens with two attached hydrogens (primary N) is 1. The second-order valence-corrected chi connectivity index (χ2v) is 4.03. The van der Waals surface area contributed by atoms with Gasteiger partial charge in [-0.05, 0) is 31.3 Å². The number of amides is 1. The second-order valence-electron chi connectivity index (χ2n) is 4.03. The van der Waals surface area contributed by atoms with Crippen LogP contribution in [0.3, 0.4) is 0 Å². The Labute approximate surface area is 74.7 Å². The third-order valence-corrected chi connectivity index (χ3v) is 2.41. The van der Waals surface area contributed by atoms with Crippen LogP contribution in [-0.2, 0) is 4.79 Å². The van der Waals surface area contributed by atoms with E-state index < -0.39 is 0 Å². The first kappa shape index (κ1) is 9.58. The van der Waals surface area contributed by atoms with E-state index in [1.54, 1.807) is 4.81 Å². The fraction of sp³-hybridized carbons (Fsp3) is 0.875. The number of carbonyl (C=O) groups is 1. The van der Waals surface area contributed by atoms with Gasteiger partial charge in [-0.25, -0.2) is 0 Å². The minimum atomic E-state index is -0.229. The first-order valence-corrected chi connectivity index (χ1v) is 4.30. The summed E-state index contributed by atoms with van der Waals surface area (Å²) < 4.78 is 0. The van der Waals surface area contributed by atoms with Crippen molar-refractivity contribution < 1.29 is 4.79 Å². The van der Waals surface area contributed by atoms with Crippen molar-refractivity contribution in [3.05, 3.63) is 0 Å². The van der Waals surface area contributed by atoms with Crippen LogP contribution < -0.4 is 5.73 Å². The maximum absolute atomic E-state index is 10.7. The minimum absolute atomic E-state index is 0.00116. The van der Waals surface area contributed by atoms with Crippen molar-refractivity contribution in [1.29, 1.82) is 0 Å². The molecule has 0 aromatic heterocycles. The first-order valence-electron chi connectivity index (χ1n) is 4.30. The van der Waals surface area contributed by atoms with Gasteiger partial charge in [0.1, 0.15) is 0 Å². The summed E-state index contributed by atoms with van der Waals surface area (Å²) in [4.78, 5) is 12.5. The molecule has 0 aromatic rings. The summed E-state index contributed by atoms with van der Waals surface area (Å²) in [7, 11) is 5.67.